The second kappa shape index (κ2) is 6.22. The van der Waals surface area contributed by atoms with E-state index in [0.717, 1.165) is 26.9 Å². The molecule has 0 heterocycles. The molecule has 0 amide bonds. The number of halogens is 1. The van der Waals surface area contributed by atoms with Crippen LogP contribution in [0.15, 0.2) is 46.9 Å². The van der Waals surface area contributed by atoms with Crippen molar-refractivity contribution in [3.63, 3.8) is 0 Å². The van der Waals surface area contributed by atoms with Gasteiger partial charge in [-0.3, -0.25) is 0 Å². The smallest absolute Gasteiger partial charge is 0.122 e. The van der Waals surface area contributed by atoms with Crippen LogP contribution in [0.2, 0.25) is 0 Å². The van der Waals surface area contributed by atoms with Crippen molar-refractivity contribution < 1.29 is 4.74 Å². The first-order chi connectivity index (χ1) is 9.08. The Kier molecular flexibility index (Phi) is 4.61. The second-order valence-electron chi connectivity index (χ2n) is 4.69. The summed E-state index contributed by atoms with van der Waals surface area (Å²) < 4.78 is 6.94. The van der Waals surface area contributed by atoms with Gasteiger partial charge in [0.05, 0.1) is 0 Å². The molecule has 0 aliphatic rings. The number of hydrogen-bond acceptors (Lipinski definition) is 2. The molecule has 0 aliphatic carbocycles. The zero-order valence-electron chi connectivity index (χ0n) is 11.2. The predicted octanol–water partition coefficient (Wildman–Crippen LogP) is 4.36. The minimum atomic E-state index is 0.0519. The number of hydrogen-bond donors (Lipinski definition) is 1. The molecular weight excluding hydrogens is 302 g/mol. The summed E-state index contributed by atoms with van der Waals surface area (Å²) in [6.07, 6.45) is 0. The fraction of sp³-hybridized carbons (Fsp3) is 0.250. The van der Waals surface area contributed by atoms with Crippen LogP contribution in [0.3, 0.4) is 0 Å². The van der Waals surface area contributed by atoms with Crippen LogP contribution in [-0.4, -0.2) is 0 Å². The molecule has 2 N–H and O–H groups in total. The van der Waals surface area contributed by atoms with Crippen molar-refractivity contribution in [3.05, 3.63) is 63.6 Å². The fourth-order valence-electron chi connectivity index (χ4n) is 1.89. The first-order valence-corrected chi connectivity index (χ1v) is 7.09. The maximum Gasteiger partial charge on any atom is 0.122 e. The first-order valence-electron chi connectivity index (χ1n) is 6.30. The Morgan fingerprint density at radius 2 is 1.95 bits per heavy atom. The lowest BCUT2D eigenvalue weighted by atomic mass is 10.1. The highest BCUT2D eigenvalue weighted by molar-refractivity contribution is 9.10. The van der Waals surface area contributed by atoms with Gasteiger partial charge >= 0.3 is 0 Å². The van der Waals surface area contributed by atoms with Crippen LogP contribution < -0.4 is 10.5 Å². The van der Waals surface area contributed by atoms with E-state index in [0.29, 0.717) is 6.61 Å². The van der Waals surface area contributed by atoms with Gasteiger partial charge in [-0.15, -0.1) is 0 Å². The van der Waals surface area contributed by atoms with E-state index in [1.54, 1.807) is 0 Å². The fourth-order valence-corrected chi connectivity index (χ4v) is 2.29. The zero-order chi connectivity index (χ0) is 13.8. The molecule has 19 heavy (non-hydrogen) atoms. The van der Waals surface area contributed by atoms with Crippen LogP contribution in [0.4, 0.5) is 0 Å². The molecule has 2 rings (SSSR count). The summed E-state index contributed by atoms with van der Waals surface area (Å²) in [5, 5.41) is 0. The second-order valence-corrected chi connectivity index (χ2v) is 5.55. The molecule has 0 fully saturated rings. The summed E-state index contributed by atoms with van der Waals surface area (Å²) in [6.45, 7) is 4.58. The Hall–Kier alpha value is -1.32. The highest BCUT2D eigenvalue weighted by Crippen LogP contribution is 2.24. The minimum Gasteiger partial charge on any atom is -0.489 e. The highest BCUT2D eigenvalue weighted by atomic mass is 79.9. The van der Waals surface area contributed by atoms with Gasteiger partial charge in [0.25, 0.3) is 0 Å². The van der Waals surface area contributed by atoms with Crippen LogP contribution in [0.5, 0.6) is 5.75 Å². The summed E-state index contributed by atoms with van der Waals surface area (Å²) in [4.78, 5) is 0. The van der Waals surface area contributed by atoms with Gasteiger partial charge in [0, 0.05) is 16.1 Å². The topological polar surface area (TPSA) is 35.2 Å². The molecule has 0 saturated heterocycles. The van der Waals surface area contributed by atoms with Crippen molar-refractivity contribution in [1.29, 1.82) is 0 Å². The predicted molar refractivity (Wildman–Crippen MR) is 82.3 cm³/mol. The van der Waals surface area contributed by atoms with Crippen LogP contribution in [0.1, 0.15) is 29.7 Å². The van der Waals surface area contributed by atoms with Crippen molar-refractivity contribution in [2.24, 2.45) is 5.73 Å². The lowest BCUT2D eigenvalue weighted by Gasteiger charge is -2.13. The third-order valence-corrected chi connectivity index (χ3v) is 3.84. The van der Waals surface area contributed by atoms with Gasteiger partial charge < -0.3 is 10.5 Å². The Morgan fingerprint density at radius 1 is 1.21 bits per heavy atom. The number of ether oxygens (including phenoxy) is 1. The molecule has 2 aromatic rings. The van der Waals surface area contributed by atoms with Crippen molar-refractivity contribution in [1.82, 2.24) is 0 Å². The number of benzene rings is 2. The van der Waals surface area contributed by atoms with Gasteiger partial charge in [0.2, 0.25) is 0 Å². The van der Waals surface area contributed by atoms with Crippen molar-refractivity contribution in [3.8, 4) is 5.75 Å². The summed E-state index contributed by atoms with van der Waals surface area (Å²) in [6, 6.07) is 14.2. The molecule has 0 bridgehead atoms. The molecule has 0 saturated carbocycles. The first kappa shape index (κ1) is 14.1. The molecule has 1 unspecified atom stereocenters. The monoisotopic (exact) mass is 319 g/mol. The van der Waals surface area contributed by atoms with E-state index >= 15 is 0 Å². The Labute approximate surface area is 122 Å². The zero-order valence-corrected chi connectivity index (χ0v) is 12.8. The van der Waals surface area contributed by atoms with E-state index in [-0.39, 0.29) is 6.04 Å². The average Bonchev–Trinajstić information content (AvgIpc) is 2.39. The lowest BCUT2D eigenvalue weighted by Crippen LogP contribution is -2.05. The van der Waals surface area contributed by atoms with Crippen molar-refractivity contribution in [2.45, 2.75) is 26.5 Å². The lowest BCUT2D eigenvalue weighted by molar-refractivity contribution is 0.303. The van der Waals surface area contributed by atoms with Gasteiger partial charge in [0.15, 0.2) is 0 Å². The molecular formula is C16H18BrNO. The van der Waals surface area contributed by atoms with Crippen LogP contribution in [-0.2, 0) is 6.61 Å². The molecule has 100 valence electrons. The summed E-state index contributed by atoms with van der Waals surface area (Å²) in [5.74, 6) is 0.903. The van der Waals surface area contributed by atoms with Crippen LogP contribution in [0.25, 0.3) is 0 Å². The summed E-state index contributed by atoms with van der Waals surface area (Å²) in [5.41, 5.74) is 9.25. The molecule has 1 atom stereocenters. The highest BCUT2D eigenvalue weighted by Gasteiger charge is 2.05. The van der Waals surface area contributed by atoms with Gasteiger partial charge in [0.1, 0.15) is 12.4 Å². The third-order valence-electron chi connectivity index (χ3n) is 3.07. The van der Waals surface area contributed by atoms with Gasteiger partial charge in [-0.05, 0) is 37.1 Å². The third kappa shape index (κ3) is 3.58. The molecule has 2 nitrogen and oxygen atoms in total. The molecule has 3 heteroatoms. The summed E-state index contributed by atoms with van der Waals surface area (Å²) >= 11 is 3.52. The average molecular weight is 320 g/mol. The standard InChI is InChI=1S/C16H18BrNO/c1-11-9-13(12(2)18)7-8-16(11)19-10-14-5-3-4-6-15(14)17/h3-9,12H,10,18H2,1-2H3. The van der Waals surface area contributed by atoms with Crippen molar-refractivity contribution >= 4 is 15.9 Å². The van der Waals surface area contributed by atoms with E-state index < -0.39 is 0 Å². The van der Waals surface area contributed by atoms with Crippen LogP contribution in [0, 0.1) is 6.92 Å². The van der Waals surface area contributed by atoms with E-state index in [2.05, 4.69) is 28.1 Å². The largest absolute Gasteiger partial charge is 0.489 e. The maximum atomic E-state index is 5.87. The van der Waals surface area contributed by atoms with Gasteiger partial charge in [-0.1, -0.05) is 46.3 Å². The minimum absolute atomic E-state index is 0.0519. The Morgan fingerprint density at radius 3 is 2.58 bits per heavy atom. The van der Waals surface area contributed by atoms with Crippen molar-refractivity contribution in [2.75, 3.05) is 0 Å². The van der Waals surface area contributed by atoms with E-state index in [9.17, 15) is 0 Å². The molecule has 2 aromatic carbocycles. The summed E-state index contributed by atoms with van der Waals surface area (Å²) in [7, 11) is 0. The SMILES string of the molecule is Cc1cc(C(C)N)ccc1OCc1ccccc1Br. The quantitative estimate of drug-likeness (QED) is 0.908. The van der Waals surface area contributed by atoms with E-state index in [1.165, 1.54) is 0 Å². The van der Waals surface area contributed by atoms with Gasteiger partial charge in [-0.2, -0.15) is 0 Å². The van der Waals surface area contributed by atoms with E-state index in [4.69, 9.17) is 10.5 Å². The maximum absolute atomic E-state index is 5.87. The molecule has 0 aliphatic heterocycles. The number of nitrogens with two attached hydrogens (primary N) is 1. The van der Waals surface area contributed by atoms with Crippen LogP contribution >= 0.6 is 15.9 Å². The Balaban J connectivity index is 2.10. The van der Waals surface area contributed by atoms with E-state index in [1.807, 2.05) is 44.2 Å². The number of aryl methyl sites for hydroxylation is 1. The molecule has 0 aromatic heterocycles. The molecule has 0 radical (unpaired) electrons. The molecule has 0 spiro atoms. The Bertz CT molecular complexity index is 566. The van der Waals surface area contributed by atoms with Gasteiger partial charge in [-0.25, -0.2) is 0 Å². The normalized spacial score (nSPS) is 12.2. The number of rotatable bonds is 4.